The van der Waals surface area contributed by atoms with Crippen molar-refractivity contribution in [1.29, 1.82) is 0 Å². The first-order chi connectivity index (χ1) is 4.72. The Morgan fingerprint density at radius 3 is 2.90 bits per heavy atom. The largest absolute Gasteiger partial charge is 0.461 e. The first kappa shape index (κ1) is 6.67. The van der Waals surface area contributed by atoms with Crippen LogP contribution in [-0.4, -0.2) is 12.7 Å². The Morgan fingerprint density at radius 1 is 1.80 bits per heavy atom. The van der Waals surface area contributed by atoms with Gasteiger partial charge in [0.2, 0.25) is 6.79 Å². The van der Waals surface area contributed by atoms with Gasteiger partial charge in [-0.05, 0) is 0 Å². The van der Waals surface area contributed by atoms with Gasteiger partial charge < -0.3 is 15.2 Å². The van der Waals surface area contributed by atoms with Crippen LogP contribution in [0.1, 0.15) is 0 Å². The third kappa shape index (κ3) is 1.10. The second-order valence-electron chi connectivity index (χ2n) is 1.75. The van der Waals surface area contributed by atoms with Gasteiger partial charge in [-0.2, -0.15) is 0 Å². The van der Waals surface area contributed by atoms with Crippen molar-refractivity contribution >= 4 is 5.91 Å². The molecule has 0 aromatic heterocycles. The van der Waals surface area contributed by atoms with Crippen molar-refractivity contribution in [3.05, 3.63) is 24.2 Å². The molecule has 0 radical (unpaired) electrons. The van der Waals surface area contributed by atoms with E-state index < -0.39 is 5.91 Å². The molecule has 1 amide bonds. The lowest BCUT2D eigenvalue weighted by molar-refractivity contribution is -0.114. The fourth-order valence-corrected chi connectivity index (χ4v) is 0.521. The predicted octanol–water partition coefficient (Wildman–Crippen LogP) is -0.126. The number of rotatable bonds is 2. The molecule has 0 atom stereocenters. The molecular formula is C6H7NO3. The van der Waals surface area contributed by atoms with Gasteiger partial charge >= 0.3 is 0 Å². The molecule has 0 unspecified atom stereocenters. The van der Waals surface area contributed by atoms with E-state index in [1.165, 1.54) is 6.26 Å². The minimum atomic E-state index is -0.600. The van der Waals surface area contributed by atoms with Crippen LogP contribution >= 0.6 is 0 Å². The molecule has 4 heteroatoms. The number of ether oxygens (including phenoxy) is 2. The third-order valence-corrected chi connectivity index (χ3v) is 1.07. The summed E-state index contributed by atoms with van der Waals surface area (Å²) in [4.78, 5) is 10.4. The van der Waals surface area contributed by atoms with E-state index >= 15 is 0 Å². The second-order valence-corrected chi connectivity index (χ2v) is 1.75. The van der Waals surface area contributed by atoms with Crippen LogP contribution < -0.4 is 5.73 Å². The van der Waals surface area contributed by atoms with Crippen LogP contribution in [0.3, 0.4) is 0 Å². The Balaban J connectivity index is 2.65. The van der Waals surface area contributed by atoms with Crippen molar-refractivity contribution in [2.75, 3.05) is 6.79 Å². The van der Waals surface area contributed by atoms with Crippen LogP contribution in [0.5, 0.6) is 0 Å². The van der Waals surface area contributed by atoms with Gasteiger partial charge in [0.05, 0.1) is 5.57 Å². The van der Waals surface area contributed by atoms with Crippen molar-refractivity contribution in [1.82, 2.24) is 0 Å². The van der Waals surface area contributed by atoms with E-state index in [0.29, 0.717) is 5.76 Å². The SMILES string of the molecule is C=C(C(N)=O)C1=COCO1. The maximum absolute atomic E-state index is 10.4. The number of nitrogens with two attached hydrogens (primary N) is 1. The van der Waals surface area contributed by atoms with Gasteiger partial charge in [0.25, 0.3) is 5.91 Å². The van der Waals surface area contributed by atoms with Gasteiger partial charge in [-0.3, -0.25) is 4.79 Å². The molecule has 0 aliphatic carbocycles. The molecule has 1 aliphatic rings. The highest BCUT2D eigenvalue weighted by molar-refractivity contribution is 5.95. The number of primary amides is 1. The molecule has 0 saturated heterocycles. The van der Waals surface area contributed by atoms with Crippen LogP contribution in [-0.2, 0) is 14.3 Å². The molecule has 0 fully saturated rings. The second kappa shape index (κ2) is 2.43. The predicted molar refractivity (Wildman–Crippen MR) is 33.5 cm³/mol. The van der Waals surface area contributed by atoms with E-state index in [1.807, 2.05) is 0 Å². The lowest BCUT2D eigenvalue weighted by atomic mass is 10.2. The normalized spacial score (nSPS) is 15.0. The highest BCUT2D eigenvalue weighted by atomic mass is 16.7. The highest BCUT2D eigenvalue weighted by Crippen LogP contribution is 2.13. The van der Waals surface area contributed by atoms with E-state index in [4.69, 9.17) is 10.5 Å². The van der Waals surface area contributed by atoms with Gasteiger partial charge in [-0.1, -0.05) is 6.58 Å². The Labute approximate surface area is 57.9 Å². The van der Waals surface area contributed by atoms with Crippen LogP contribution in [0.2, 0.25) is 0 Å². The van der Waals surface area contributed by atoms with Crippen LogP contribution in [0.25, 0.3) is 0 Å². The summed E-state index contributed by atoms with van der Waals surface area (Å²) >= 11 is 0. The van der Waals surface area contributed by atoms with E-state index in [9.17, 15) is 4.79 Å². The molecule has 4 nitrogen and oxygen atoms in total. The van der Waals surface area contributed by atoms with Crippen LogP contribution in [0.4, 0.5) is 0 Å². The summed E-state index contributed by atoms with van der Waals surface area (Å²) in [5.41, 5.74) is 5.04. The fourth-order valence-electron chi connectivity index (χ4n) is 0.521. The topological polar surface area (TPSA) is 61.6 Å². The van der Waals surface area contributed by atoms with E-state index in [0.717, 1.165) is 0 Å². The van der Waals surface area contributed by atoms with E-state index in [1.54, 1.807) is 0 Å². The number of hydrogen-bond acceptors (Lipinski definition) is 3. The Morgan fingerprint density at radius 2 is 2.50 bits per heavy atom. The van der Waals surface area contributed by atoms with Crippen molar-refractivity contribution < 1.29 is 14.3 Å². The molecule has 0 spiro atoms. The van der Waals surface area contributed by atoms with Crippen molar-refractivity contribution in [3.63, 3.8) is 0 Å². The Hall–Kier alpha value is -1.45. The summed E-state index contributed by atoms with van der Waals surface area (Å²) in [6.07, 6.45) is 1.31. The Kier molecular flexibility index (Phi) is 1.62. The highest BCUT2D eigenvalue weighted by Gasteiger charge is 2.13. The molecule has 2 N–H and O–H groups in total. The first-order valence-electron chi connectivity index (χ1n) is 2.65. The van der Waals surface area contributed by atoms with Gasteiger partial charge in [0, 0.05) is 0 Å². The van der Waals surface area contributed by atoms with E-state index in [-0.39, 0.29) is 12.4 Å². The maximum Gasteiger partial charge on any atom is 0.251 e. The minimum absolute atomic E-state index is 0.127. The monoisotopic (exact) mass is 141 g/mol. The molecule has 0 aromatic rings. The number of hydrogen-bond donors (Lipinski definition) is 1. The van der Waals surface area contributed by atoms with Crippen molar-refractivity contribution in [3.8, 4) is 0 Å². The fraction of sp³-hybridized carbons (Fsp3) is 0.167. The lowest BCUT2D eigenvalue weighted by Crippen LogP contribution is -2.14. The van der Waals surface area contributed by atoms with Crippen molar-refractivity contribution in [2.24, 2.45) is 5.73 Å². The van der Waals surface area contributed by atoms with E-state index in [2.05, 4.69) is 11.3 Å². The standard InChI is InChI=1S/C6H7NO3/c1-4(6(7)8)5-2-9-3-10-5/h2H,1,3H2,(H2,7,8). The van der Waals surface area contributed by atoms with Crippen LogP contribution in [0.15, 0.2) is 24.2 Å². The Bertz CT molecular complexity index is 207. The summed E-state index contributed by atoms with van der Waals surface area (Å²) in [7, 11) is 0. The lowest BCUT2D eigenvalue weighted by Gasteiger charge is -1.98. The summed E-state index contributed by atoms with van der Waals surface area (Å²) < 4.78 is 9.49. The number of carbonyl (C=O) groups is 1. The zero-order chi connectivity index (χ0) is 7.56. The number of carbonyl (C=O) groups excluding carboxylic acids is 1. The van der Waals surface area contributed by atoms with Gasteiger partial charge in [0.1, 0.15) is 6.26 Å². The van der Waals surface area contributed by atoms with Gasteiger partial charge in [-0.25, -0.2) is 0 Å². The summed E-state index contributed by atoms with van der Waals surface area (Å²) in [5, 5.41) is 0. The quantitative estimate of drug-likeness (QED) is 0.545. The molecule has 1 heterocycles. The zero-order valence-electron chi connectivity index (χ0n) is 5.29. The molecule has 0 saturated carbocycles. The minimum Gasteiger partial charge on any atom is -0.461 e. The zero-order valence-corrected chi connectivity index (χ0v) is 5.29. The third-order valence-electron chi connectivity index (χ3n) is 1.07. The first-order valence-corrected chi connectivity index (χ1v) is 2.65. The molecular weight excluding hydrogens is 134 g/mol. The molecule has 1 rings (SSSR count). The molecule has 10 heavy (non-hydrogen) atoms. The smallest absolute Gasteiger partial charge is 0.251 e. The average Bonchev–Trinajstić information content (AvgIpc) is 2.36. The van der Waals surface area contributed by atoms with Crippen molar-refractivity contribution in [2.45, 2.75) is 0 Å². The molecule has 54 valence electrons. The molecule has 0 bridgehead atoms. The van der Waals surface area contributed by atoms with Crippen LogP contribution in [0, 0.1) is 0 Å². The summed E-state index contributed by atoms with van der Waals surface area (Å²) in [6.45, 7) is 3.52. The summed E-state index contributed by atoms with van der Waals surface area (Å²) in [6, 6.07) is 0. The average molecular weight is 141 g/mol. The molecule has 0 aromatic carbocycles. The maximum atomic E-state index is 10.4. The van der Waals surface area contributed by atoms with Gasteiger partial charge in [-0.15, -0.1) is 0 Å². The van der Waals surface area contributed by atoms with Gasteiger partial charge in [0.15, 0.2) is 5.76 Å². The molecule has 1 aliphatic heterocycles. The summed E-state index contributed by atoms with van der Waals surface area (Å²) in [5.74, 6) is -0.288. The number of amides is 1.